The van der Waals surface area contributed by atoms with Crippen LogP contribution in [0.25, 0.3) is 0 Å². The van der Waals surface area contributed by atoms with Crippen LogP contribution in [0, 0.1) is 5.92 Å². The van der Waals surface area contributed by atoms with E-state index in [0.29, 0.717) is 6.42 Å². The number of carbonyl (C=O) groups is 1. The normalized spacial score (nSPS) is 26.5. The SMILES string of the molecule is CC1(C)SCCC1CC(=O)C(F)(F)F. The largest absolute Gasteiger partial charge is 0.449 e. The molecule has 1 aliphatic rings. The molecule has 0 N–H and O–H groups in total. The van der Waals surface area contributed by atoms with E-state index in [2.05, 4.69) is 0 Å². The Bertz CT molecular complexity index is 235. The quantitative estimate of drug-likeness (QED) is 0.720. The van der Waals surface area contributed by atoms with Gasteiger partial charge in [0.1, 0.15) is 0 Å². The van der Waals surface area contributed by atoms with E-state index in [-0.39, 0.29) is 17.1 Å². The molecular formula is C9H13F3OS. The van der Waals surface area contributed by atoms with E-state index in [1.165, 1.54) is 0 Å². The Labute approximate surface area is 85.4 Å². The standard InChI is InChI=1S/C9H13F3OS/c1-8(2)6(3-4-14-8)5-7(13)9(10,11)12/h6H,3-5H2,1-2H3. The zero-order valence-electron chi connectivity index (χ0n) is 8.15. The summed E-state index contributed by atoms with van der Waals surface area (Å²) in [6.45, 7) is 3.80. The first-order valence-corrected chi connectivity index (χ1v) is 5.46. The Balaban J connectivity index is 2.57. The summed E-state index contributed by atoms with van der Waals surface area (Å²) in [6.07, 6.45) is -4.31. The van der Waals surface area contributed by atoms with Gasteiger partial charge in [0.15, 0.2) is 0 Å². The average molecular weight is 226 g/mol. The molecular weight excluding hydrogens is 213 g/mol. The fourth-order valence-electron chi connectivity index (χ4n) is 1.62. The molecule has 0 aromatic carbocycles. The molecule has 1 unspecified atom stereocenters. The molecule has 1 heterocycles. The lowest BCUT2D eigenvalue weighted by Crippen LogP contribution is -2.30. The van der Waals surface area contributed by atoms with Crippen LogP contribution in [-0.2, 0) is 4.79 Å². The Morgan fingerprint density at radius 2 is 2.07 bits per heavy atom. The molecule has 0 amide bonds. The maximum absolute atomic E-state index is 12.0. The minimum Gasteiger partial charge on any atom is -0.290 e. The predicted molar refractivity (Wildman–Crippen MR) is 50.3 cm³/mol. The van der Waals surface area contributed by atoms with Gasteiger partial charge >= 0.3 is 6.18 Å². The van der Waals surface area contributed by atoms with Gasteiger partial charge in [0, 0.05) is 11.2 Å². The van der Waals surface area contributed by atoms with Crippen molar-refractivity contribution in [2.24, 2.45) is 5.92 Å². The average Bonchev–Trinajstić information content (AvgIpc) is 2.29. The molecule has 14 heavy (non-hydrogen) atoms. The lowest BCUT2D eigenvalue weighted by atomic mass is 9.88. The summed E-state index contributed by atoms with van der Waals surface area (Å²) < 4.78 is 35.8. The van der Waals surface area contributed by atoms with Crippen LogP contribution in [0.4, 0.5) is 13.2 Å². The molecule has 0 aromatic rings. The van der Waals surface area contributed by atoms with Crippen LogP contribution < -0.4 is 0 Å². The molecule has 0 aliphatic carbocycles. The van der Waals surface area contributed by atoms with Gasteiger partial charge in [-0.3, -0.25) is 4.79 Å². The van der Waals surface area contributed by atoms with Crippen molar-refractivity contribution in [3.05, 3.63) is 0 Å². The number of alkyl halides is 3. The van der Waals surface area contributed by atoms with Crippen LogP contribution in [0.2, 0.25) is 0 Å². The van der Waals surface area contributed by atoms with Crippen LogP contribution in [0.3, 0.4) is 0 Å². The third-order valence-corrected chi connectivity index (χ3v) is 4.19. The number of thioether (sulfide) groups is 1. The Kier molecular flexibility index (Phi) is 3.19. The highest BCUT2D eigenvalue weighted by atomic mass is 32.2. The Morgan fingerprint density at radius 1 is 1.50 bits per heavy atom. The van der Waals surface area contributed by atoms with Crippen LogP contribution in [-0.4, -0.2) is 22.5 Å². The number of carbonyl (C=O) groups excluding carboxylic acids is 1. The summed E-state index contributed by atoms with van der Waals surface area (Å²) >= 11 is 1.64. The maximum atomic E-state index is 12.0. The molecule has 0 spiro atoms. The van der Waals surface area contributed by atoms with Gasteiger partial charge in [-0.15, -0.1) is 0 Å². The van der Waals surface area contributed by atoms with Crippen molar-refractivity contribution in [3.63, 3.8) is 0 Å². The summed E-state index contributed by atoms with van der Waals surface area (Å²) in [5.41, 5.74) is 0. The highest BCUT2D eigenvalue weighted by Gasteiger charge is 2.44. The van der Waals surface area contributed by atoms with Gasteiger partial charge in [-0.25, -0.2) is 0 Å². The zero-order chi connectivity index (χ0) is 11.0. The van der Waals surface area contributed by atoms with Gasteiger partial charge in [0.05, 0.1) is 0 Å². The maximum Gasteiger partial charge on any atom is 0.449 e. The monoisotopic (exact) mass is 226 g/mol. The second kappa shape index (κ2) is 3.76. The second-order valence-electron chi connectivity index (χ2n) is 4.06. The van der Waals surface area contributed by atoms with E-state index in [0.717, 1.165) is 5.75 Å². The van der Waals surface area contributed by atoms with E-state index < -0.39 is 12.0 Å². The predicted octanol–water partition coefficient (Wildman–Crippen LogP) is 3.04. The van der Waals surface area contributed by atoms with Gasteiger partial charge in [-0.05, 0) is 18.1 Å². The van der Waals surface area contributed by atoms with Crippen LogP contribution >= 0.6 is 11.8 Å². The lowest BCUT2D eigenvalue weighted by Gasteiger charge is -2.25. The van der Waals surface area contributed by atoms with E-state index in [4.69, 9.17) is 0 Å². The van der Waals surface area contributed by atoms with E-state index in [9.17, 15) is 18.0 Å². The minimum atomic E-state index is -4.66. The van der Waals surface area contributed by atoms with Crippen molar-refractivity contribution in [1.29, 1.82) is 0 Å². The third kappa shape index (κ3) is 2.65. The van der Waals surface area contributed by atoms with Gasteiger partial charge < -0.3 is 0 Å². The summed E-state index contributed by atoms with van der Waals surface area (Å²) in [6, 6.07) is 0. The van der Waals surface area contributed by atoms with Crippen molar-refractivity contribution in [1.82, 2.24) is 0 Å². The first-order valence-electron chi connectivity index (χ1n) is 4.47. The highest BCUT2D eigenvalue weighted by molar-refractivity contribution is 8.00. The van der Waals surface area contributed by atoms with E-state index in [1.807, 2.05) is 13.8 Å². The van der Waals surface area contributed by atoms with Crippen LogP contribution in [0.1, 0.15) is 26.7 Å². The number of ketones is 1. The summed E-state index contributed by atoms with van der Waals surface area (Å²) in [5, 5.41) is 0. The van der Waals surface area contributed by atoms with Crippen molar-refractivity contribution >= 4 is 17.5 Å². The van der Waals surface area contributed by atoms with Gasteiger partial charge in [0.2, 0.25) is 5.78 Å². The van der Waals surface area contributed by atoms with Gasteiger partial charge in [0.25, 0.3) is 0 Å². The highest BCUT2D eigenvalue weighted by Crippen LogP contribution is 2.44. The Morgan fingerprint density at radius 3 is 2.43 bits per heavy atom. The molecule has 1 atom stereocenters. The van der Waals surface area contributed by atoms with E-state index >= 15 is 0 Å². The van der Waals surface area contributed by atoms with Gasteiger partial charge in [-0.1, -0.05) is 13.8 Å². The Hall–Kier alpha value is -0.190. The molecule has 1 aliphatic heterocycles. The van der Waals surface area contributed by atoms with Crippen molar-refractivity contribution in [2.45, 2.75) is 37.6 Å². The first-order chi connectivity index (χ1) is 6.23. The second-order valence-corrected chi connectivity index (χ2v) is 5.81. The summed E-state index contributed by atoms with van der Waals surface area (Å²) in [4.78, 5) is 10.8. The fraction of sp³-hybridized carbons (Fsp3) is 0.889. The van der Waals surface area contributed by atoms with Crippen LogP contribution in [0.5, 0.6) is 0 Å². The number of hydrogen-bond donors (Lipinski definition) is 0. The molecule has 1 nitrogen and oxygen atoms in total. The molecule has 1 fully saturated rings. The van der Waals surface area contributed by atoms with Crippen molar-refractivity contribution in [2.75, 3.05) is 5.75 Å². The number of hydrogen-bond acceptors (Lipinski definition) is 2. The summed E-state index contributed by atoms with van der Waals surface area (Å²) in [7, 11) is 0. The molecule has 0 radical (unpaired) electrons. The topological polar surface area (TPSA) is 17.1 Å². The minimum absolute atomic E-state index is 0.137. The first kappa shape index (κ1) is 11.9. The molecule has 0 saturated carbocycles. The van der Waals surface area contributed by atoms with E-state index in [1.54, 1.807) is 11.8 Å². The van der Waals surface area contributed by atoms with Crippen LogP contribution in [0.15, 0.2) is 0 Å². The molecule has 5 heteroatoms. The van der Waals surface area contributed by atoms with Gasteiger partial charge in [-0.2, -0.15) is 24.9 Å². The number of Topliss-reactive ketones (excluding diaryl/α,β-unsaturated/α-hetero) is 1. The number of halogens is 3. The lowest BCUT2D eigenvalue weighted by molar-refractivity contribution is -0.172. The smallest absolute Gasteiger partial charge is 0.290 e. The number of rotatable bonds is 2. The molecule has 0 bridgehead atoms. The van der Waals surface area contributed by atoms with Crippen molar-refractivity contribution in [3.8, 4) is 0 Å². The summed E-state index contributed by atoms with van der Waals surface area (Å²) in [5.74, 6) is -0.872. The zero-order valence-corrected chi connectivity index (χ0v) is 8.97. The fourth-order valence-corrected chi connectivity index (χ4v) is 2.98. The van der Waals surface area contributed by atoms with Crippen molar-refractivity contribution < 1.29 is 18.0 Å². The molecule has 1 saturated heterocycles. The molecule has 82 valence electrons. The molecule has 1 rings (SSSR count). The third-order valence-electron chi connectivity index (χ3n) is 2.67. The molecule has 0 aromatic heterocycles.